The summed E-state index contributed by atoms with van der Waals surface area (Å²) in [6.45, 7) is 2.44. The van der Waals surface area contributed by atoms with Crippen molar-refractivity contribution in [2.24, 2.45) is 0 Å². The molecule has 15 heavy (non-hydrogen) atoms. The van der Waals surface area contributed by atoms with Crippen molar-refractivity contribution in [1.29, 1.82) is 0 Å². The highest BCUT2D eigenvalue weighted by Crippen LogP contribution is 2.06. The third kappa shape index (κ3) is 5.40. The van der Waals surface area contributed by atoms with E-state index in [4.69, 9.17) is 4.84 Å². The van der Waals surface area contributed by atoms with E-state index in [0.717, 1.165) is 24.9 Å². The number of unbranched alkanes of at least 4 members (excludes halogenated alkanes) is 1. The number of benzene rings is 1. The molecule has 0 aliphatic carbocycles. The molecule has 0 fully saturated rings. The van der Waals surface area contributed by atoms with Gasteiger partial charge in [0.15, 0.2) is 0 Å². The predicted molar refractivity (Wildman–Crippen MR) is 61.5 cm³/mol. The minimum absolute atomic E-state index is 0.328. The Kier molecular flexibility index (Phi) is 5.81. The van der Waals surface area contributed by atoms with Crippen LogP contribution in [0.25, 0.3) is 0 Å². The minimum atomic E-state index is -0.374. The maximum atomic E-state index is 9.49. The van der Waals surface area contributed by atoms with Crippen LogP contribution in [-0.4, -0.2) is 17.8 Å². The van der Waals surface area contributed by atoms with Crippen LogP contribution in [0.15, 0.2) is 30.3 Å². The molecule has 0 amide bonds. The maximum absolute atomic E-state index is 9.49. The first-order valence-electron chi connectivity index (χ1n) is 5.44. The molecule has 3 heteroatoms. The van der Waals surface area contributed by atoms with E-state index in [0.29, 0.717) is 6.61 Å². The first kappa shape index (κ1) is 12.0. The molecule has 1 rings (SSSR count). The number of hydrogen-bond acceptors (Lipinski definition) is 3. The van der Waals surface area contributed by atoms with E-state index in [1.54, 1.807) is 0 Å². The Hall–Kier alpha value is -1.06. The lowest BCUT2D eigenvalue weighted by atomic mass is 10.2. The Balaban J connectivity index is 2.11. The van der Waals surface area contributed by atoms with E-state index in [2.05, 4.69) is 12.4 Å². The third-order valence-electron chi connectivity index (χ3n) is 2.13. The largest absolute Gasteiger partial charge is 0.391 e. The Morgan fingerprint density at radius 1 is 1.33 bits per heavy atom. The topological polar surface area (TPSA) is 41.5 Å². The molecule has 1 atom stereocenters. The highest BCUT2D eigenvalue weighted by atomic mass is 16.6. The summed E-state index contributed by atoms with van der Waals surface area (Å²) >= 11 is 0. The zero-order chi connectivity index (χ0) is 10.9. The van der Waals surface area contributed by atoms with Gasteiger partial charge >= 0.3 is 0 Å². The molecule has 0 spiro atoms. The normalized spacial score (nSPS) is 12.4. The van der Waals surface area contributed by atoms with Gasteiger partial charge in [0.05, 0.1) is 11.8 Å². The fraction of sp³-hybridized carbons (Fsp3) is 0.500. The summed E-state index contributed by atoms with van der Waals surface area (Å²) in [5.74, 6) is 0. The van der Waals surface area contributed by atoms with Crippen molar-refractivity contribution in [3.63, 3.8) is 0 Å². The van der Waals surface area contributed by atoms with Gasteiger partial charge in [0.2, 0.25) is 0 Å². The highest BCUT2D eigenvalue weighted by Gasteiger charge is 2.02. The molecule has 2 N–H and O–H groups in total. The van der Waals surface area contributed by atoms with Crippen LogP contribution >= 0.6 is 0 Å². The molecule has 0 bridgehead atoms. The smallest absolute Gasteiger partial charge is 0.100 e. The molecule has 0 saturated heterocycles. The standard InChI is InChI=1S/C12H19NO2/c1-2-3-9-12(14)10-15-13-11-7-5-4-6-8-11/h4-8,12-14H,2-3,9-10H2,1H3/t12-/m1/s1. The van der Waals surface area contributed by atoms with Crippen LogP contribution in [0.2, 0.25) is 0 Å². The molecule has 0 aromatic heterocycles. The number of rotatable bonds is 7. The minimum Gasteiger partial charge on any atom is -0.391 e. The Morgan fingerprint density at radius 3 is 2.73 bits per heavy atom. The molecule has 1 aromatic carbocycles. The molecule has 0 aliphatic heterocycles. The Morgan fingerprint density at radius 2 is 2.07 bits per heavy atom. The molecular formula is C12H19NO2. The lowest BCUT2D eigenvalue weighted by molar-refractivity contribution is 0.0566. The van der Waals surface area contributed by atoms with Gasteiger partial charge in [0, 0.05) is 0 Å². The predicted octanol–water partition coefficient (Wildman–Crippen LogP) is 2.58. The van der Waals surface area contributed by atoms with E-state index in [1.807, 2.05) is 30.3 Å². The summed E-state index contributed by atoms with van der Waals surface area (Å²) < 4.78 is 0. The first-order chi connectivity index (χ1) is 7.33. The number of aliphatic hydroxyl groups excluding tert-OH is 1. The number of para-hydroxylation sites is 1. The molecule has 0 saturated carbocycles. The lowest BCUT2D eigenvalue weighted by Gasteiger charge is -2.11. The van der Waals surface area contributed by atoms with Crippen molar-refractivity contribution in [2.75, 3.05) is 12.1 Å². The van der Waals surface area contributed by atoms with Crippen LogP contribution < -0.4 is 5.48 Å². The van der Waals surface area contributed by atoms with Crippen molar-refractivity contribution < 1.29 is 9.94 Å². The summed E-state index contributed by atoms with van der Waals surface area (Å²) in [6, 6.07) is 9.64. The van der Waals surface area contributed by atoms with Crippen molar-refractivity contribution in [3.05, 3.63) is 30.3 Å². The summed E-state index contributed by atoms with van der Waals surface area (Å²) in [4.78, 5) is 5.18. The number of aliphatic hydroxyl groups is 1. The second-order valence-corrected chi connectivity index (χ2v) is 3.58. The monoisotopic (exact) mass is 209 g/mol. The lowest BCUT2D eigenvalue weighted by Crippen LogP contribution is -2.17. The average molecular weight is 209 g/mol. The van der Waals surface area contributed by atoms with Gasteiger partial charge in [0.1, 0.15) is 6.61 Å². The van der Waals surface area contributed by atoms with Crippen LogP contribution in [0.5, 0.6) is 0 Å². The quantitative estimate of drug-likeness (QED) is 0.678. The molecule has 0 heterocycles. The molecule has 0 aliphatic rings. The number of hydrogen-bond donors (Lipinski definition) is 2. The molecular weight excluding hydrogens is 190 g/mol. The fourth-order valence-electron chi connectivity index (χ4n) is 1.25. The van der Waals surface area contributed by atoms with Gasteiger partial charge < -0.3 is 5.11 Å². The van der Waals surface area contributed by atoms with Crippen molar-refractivity contribution >= 4 is 5.69 Å². The molecule has 84 valence electrons. The first-order valence-corrected chi connectivity index (χ1v) is 5.44. The summed E-state index contributed by atoms with van der Waals surface area (Å²) in [5.41, 5.74) is 3.69. The summed E-state index contributed by atoms with van der Waals surface area (Å²) in [6.07, 6.45) is 2.56. The van der Waals surface area contributed by atoms with Gasteiger partial charge in [-0.25, -0.2) is 0 Å². The van der Waals surface area contributed by atoms with Crippen molar-refractivity contribution in [1.82, 2.24) is 0 Å². The summed E-state index contributed by atoms with van der Waals surface area (Å²) in [7, 11) is 0. The molecule has 0 radical (unpaired) electrons. The zero-order valence-corrected chi connectivity index (χ0v) is 9.15. The second kappa shape index (κ2) is 7.26. The van der Waals surface area contributed by atoms with Crippen LogP contribution in [0.4, 0.5) is 5.69 Å². The van der Waals surface area contributed by atoms with E-state index in [-0.39, 0.29) is 6.10 Å². The fourth-order valence-corrected chi connectivity index (χ4v) is 1.25. The Labute approximate surface area is 91.0 Å². The van der Waals surface area contributed by atoms with Crippen LogP contribution in [0.1, 0.15) is 26.2 Å². The summed E-state index contributed by atoms with van der Waals surface area (Å²) in [5, 5.41) is 9.49. The van der Waals surface area contributed by atoms with Crippen LogP contribution in [-0.2, 0) is 4.84 Å². The van der Waals surface area contributed by atoms with Gasteiger partial charge in [-0.2, -0.15) is 0 Å². The molecule has 3 nitrogen and oxygen atoms in total. The SMILES string of the molecule is CCCC[C@@H](O)CONc1ccccc1. The van der Waals surface area contributed by atoms with Gasteiger partial charge in [-0.3, -0.25) is 10.3 Å². The van der Waals surface area contributed by atoms with Crippen LogP contribution in [0.3, 0.4) is 0 Å². The van der Waals surface area contributed by atoms with E-state index in [9.17, 15) is 5.11 Å². The van der Waals surface area contributed by atoms with Gasteiger partial charge in [0.25, 0.3) is 0 Å². The van der Waals surface area contributed by atoms with E-state index in [1.165, 1.54) is 0 Å². The van der Waals surface area contributed by atoms with Crippen molar-refractivity contribution in [3.8, 4) is 0 Å². The number of nitrogens with one attached hydrogen (secondary N) is 1. The van der Waals surface area contributed by atoms with Gasteiger partial charge in [-0.1, -0.05) is 38.0 Å². The second-order valence-electron chi connectivity index (χ2n) is 3.58. The van der Waals surface area contributed by atoms with Crippen LogP contribution in [0, 0.1) is 0 Å². The highest BCUT2D eigenvalue weighted by molar-refractivity contribution is 5.39. The third-order valence-corrected chi connectivity index (χ3v) is 2.13. The Bertz CT molecular complexity index is 251. The maximum Gasteiger partial charge on any atom is 0.100 e. The zero-order valence-electron chi connectivity index (χ0n) is 9.15. The van der Waals surface area contributed by atoms with Gasteiger partial charge in [-0.15, -0.1) is 0 Å². The van der Waals surface area contributed by atoms with Crippen molar-refractivity contribution in [2.45, 2.75) is 32.3 Å². The van der Waals surface area contributed by atoms with E-state index < -0.39 is 0 Å². The van der Waals surface area contributed by atoms with E-state index >= 15 is 0 Å². The average Bonchev–Trinajstić information content (AvgIpc) is 2.28. The number of anilines is 1. The molecule has 1 aromatic rings. The van der Waals surface area contributed by atoms with Gasteiger partial charge in [-0.05, 0) is 18.6 Å². The molecule has 0 unspecified atom stereocenters.